The van der Waals surface area contributed by atoms with E-state index in [1.807, 2.05) is 31.2 Å². The first-order valence-electron chi connectivity index (χ1n) is 6.61. The van der Waals surface area contributed by atoms with E-state index < -0.39 is 0 Å². The Bertz CT molecular complexity index is 591. The first-order valence-corrected chi connectivity index (χ1v) is 9.02. The average Bonchev–Trinajstić information content (AvgIpc) is 2.77. The minimum atomic E-state index is 0.0616. The molecule has 3 nitrogen and oxygen atoms in total. The molecule has 1 aromatic carbocycles. The molecule has 0 aliphatic rings. The van der Waals surface area contributed by atoms with Gasteiger partial charge in [-0.05, 0) is 62.5 Å². The molecule has 0 atom stereocenters. The largest absolute Gasteiger partial charge is 0.380 e. The molecule has 0 saturated heterocycles. The van der Waals surface area contributed by atoms with Crippen LogP contribution in [0.15, 0.2) is 38.6 Å². The van der Waals surface area contributed by atoms with E-state index >= 15 is 0 Å². The maximum absolute atomic E-state index is 11.5. The number of likely N-dealkylation sites (N-methyl/N-ethyl adjacent to an activating group) is 1. The van der Waals surface area contributed by atoms with Crippen molar-refractivity contribution in [3.63, 3.8) is 0 Å². The predicted octanol–water partition coefficient (Wildman–Crippen LogP) is 4.56. The van der Waals surface area contributed by atoms with Crippen molar-refractivity contribution in [3.8, 4) is 0 Å². The molecule has 1 aromatic heterocycles. The monoisotopic (exact) mass is 430 g/mol. The zero-order chi connectivity index (χ0) is 15.2. The number of anilines is 1. The van der Waals surface area contributed by atoms with Gasteiger partial charge < -0.3 is 10.6 Å². The molecule has 0 saturated carbocycles. The molecule has 21 heavy (non-hydrogen) atoms. The topological polar surface area (TPSA) is 41.1 Å². The molecule has 2 rings (SSSR count). The highest BCUT2D eigenvalue weighted by atomic mass is 79.9. The minimum Gasteiger partial charge on any atom is -0.380 e. The third-order valence-electron chi connectivity index (χ3n) is 2.86. The van der Waals surface area contributed by atoms with Crippen LogP contribution in [0.25, 0.3) is 0 Å². The van der Waals surface area contributed by atoms with Gasteiger partial charge in [-0.3, -0.25) is 4.79 Å². The molecule has 0 aliphatic heterocycles. The SMILES string of the molecule is CCNC(=O)Cc1ccc(NCc2cc(Br)c(Br)s2)cc1. The maximum atomic E-state index is 11.5. The van der Waals surface area contributed by atoms with Crippen molar-refractivity contribution in [2.45, 2.75) is 19.9 Å². The molecule has 2 N–H and O–H groups in total. The molecule has 1 heterocycles. The minimum absolute atomic E-state index is 0.0616. The van der Waals surface area contributed by atoms with Crippen LogP contribution in [0.2, 0.25) is 0 Å². The van der Waals surface area contributed by atoms with Gasteiger partial charge in [-0.1, -0.05) is 12.1 Å². The number of nitrogens with one attached hydrogen (secondary N) is 2. The summed E-state index contributed by atoms with van der Waals surface area (Å²) < 4.78 is 2.19. The van der Waals surface area contributed by atoms with Gasteiger partial charge in [-0.25, -0.2) is 0 Å². The lowest BCUT2D eigenvalue weighted by Crippen LogP contribution is -2.24. The number of rotatable bonds is 6. The Kier molecular flexibility index (Phi) is 6.26. The van der Waals surface area contributed by atoms with Gasteiger partial charge in [0.1, 0.15) is 0 Å². The van der Waals surface area contributed by atoms with Crippen LogP contribution in [0.5, 0.6) is 0 Å². The first kappa shape index (κ1) is 16.5. The van der Waals surface area contributed by atoms with E-state index in [1.54, 1.807) is 11.3 Å². The van der Waals surface area contributed by atoms with Crippen molar-refractivity contribution in [2.24, 2.45) is 0 Å². The number of hydrogen-bond donors (Lipinski definition) is 2. The molecule has 1 amide bonds. The van der Waals surface area contributed by atoms with Crippen molar-refractivity contribution in [1.29, 1.82) is 0 Å². The Morgan fingerprint density at radius 3 is 2.52 bits per heavy atom. The van der Waals surface area contributed by atoms with Gasteiger partial charge >= 0.3 is 0 Å². The smallest absolute Gasteiger partial charge is 0.224 e. The van der Waals surface area contributed by atoms with E-state index in [1.165, 1.54) is 4.88 Å². The third-order valence-corrected chi connectivity index (χ3v) is 6.11. The Morgan fingerprint density at radius 1 is 1.24 bits per heavy atom. The Labute approximate surface area is 145 Å². The molecule has 2 aromatic rings. The van der Waals surface area contributed by atoms with Crippen LogP contribution in [0.1, 0.15) is 17.4 Å². The second kappa shape index (κ2) is 7.96. The van der Waals surface area contributed by atoms with E-state index in [0.29, 0.717) is 13.0 Å². The Morgan fingerprint density at radius 2 is 1.95 bits per heavy atom. The quantitative estimate of drug-likeness (QED) is 0.703. The number of carbonyl (C=O) groups is 1. The molecule has 0 aliphatic carbocycles. The van der Waals surface area contributed by atoms with Crippen LogP contribution >= 0.6 is 43.2 Å². The summed E-state index contributed by atoms with van der Waals surface area (Å²) in [5, 5.41) is 6.18. The summed E-state index contributed by atoms with van der Waals surface area (Å²) in [6, 6.07) is 10.1. The van der Waals surface area contributed by atoms with E-state index in [0.717, 1.165) is 26.1 Å². The number of carbonyl (C=O) groups excluding carboxylic acids is 1. The summed E-state index contributed by atoms with van der Waals surface area (Å²) in [6.07, 6.45) is 0.430. The summed E-state index contributed by atoms with van der Waals surface area (Å²) in [6.45, 7) is 3.38. The predicted molar refractivity (Wildman–Crippen MR) is 95.9 cm³/mol. The van der Waals surface area contributed by atoms with E-state index in [2.05, 4.69) is 48.6 Å². The normalized spacial score (nSPS) is 10.4. The van der Waals surface area contributed by atoms with Crippen LogP contribution in [0.4, 0.5) is 5.69 Å². The number of halogens is 2. The third kappa shape index (κ3) is 5.13. The Hall–Kier alpha value is -0.850. The summed E-state index contributed by atoms with van der Waals surface area (Å²) >= 11 is 8.68. The van der Waals surface area contributed by atoms with Crippen LogP contribution in [-0.2, 0) is 17.8 Å². The van der Waals surface area contributed by atoms with Gasteiger partial charge in [0, 0.05) is 28.1 Å². The number of hydrogen-bond acceptors (Lipinski definition) is 3. The van der Waals surface area contributed by atoms with Crippen molar-refractivity contribution < 1.29 is 4.79 Å². The van der Waals surface area contributed by atoms with Gasteiger partial charge in [0.05, 0.1) is 10.2 Å². The highest BCUT2D eigenvalue weighted by molar-refractivity contribution is 9.13. The van der Waals surface area contributed by atoms with Crippen molar-refractivity contribution in [2.75, 3.05) is 11.9 Å². The van der Waals surface area contributed by atoms with Gasteiger partial charge in [0.2, 0.25) is 5.91 Å². The fraction of sp³-hybridized carbons (Fsp3) is 0.267. The van der Waals surface area contributed by atoms with E-state index in [-0.39, 0.29) is 5.91 Å². The highest BCUT2D eigenvalue weighted by Crippen LogP contribution is 2.32. The molecule has 0 bridgehead atoms. The van der Waals surface area contributed by atoms with Gasteiger partial charge in [0.15, 0.2) is 0 Å². The van der Waals surface area contributed by atoms with Gasteiger partial charge in [-0.15, -0.1) is 11.3 Å². The molecule has 0 radical (unpaired) electrons. The van der Waals surface area contributed by atoms with Gasteiger partial charge in [-0.2, -0.15) is 0 Å². The van der Waals surface area contributed by atoms with Crippen LogP contribution in [-0.4, -0.2) is 12.5 Å². The van der Waals surface area contributed by atoms with Crippen molar-refractivity contribution in [1.82, 2.24) is 5.32 Å². The standard InChI is InChI=1S/C15H16Br2N2OS/c1-2-18-14(20)7-10-3-5-11(6-4-10)19-9-12-8-13(16)15(17)21-12/h3-6,8,19H,2,7,9H2,1H3,(H,18,20). The van der Waals surface area contributed by atoms with E-state index in [9.17, 15) is 4.79 Å². The maximum Gasteiger partial charge on any atom is 0.224 e. The summed E-state index contributed by atoms with van der Waals surface area (Å²) in [4.78, 5) is 12.8. The van der Waals surface area contributed by atoms with Crippen LogP contribution in [0.3, 0.4) is 0 Å². The van der Waals surface area contributed by atoms with Crippen LogP contribution in [0, 0.1) is 0 Å². The zero-order valence-corrected chi connectivity index (χ0v) is 15.6. The number of thiophene rings is 1. The first-order chi connectivity index (χ1) is 10.1. The summed E-state index contributed by atoms with van der Waals surface area (Å²) in [5.41, 5.74) is 2.07. The summed E-state index contributed by atoms with van der Waals surface area (Å²) in [7, 11) is 0. The average molecular weight is 432 g/mol. The second-order valence-corrected chi connectivity index (χ2v) is 7.82. The summed E-state index contributed by atoms with van der Waals surface area (Å²) in [5.74, 6) is 0.0616. The second-order valence-electron chi connectivity index (χ2n) is 4.52. The molecule has 0 fully saturated rings. The number of amides is 1. The highest BCUT2D eigenvalue weighted by Gasteiger charge is 2.05. The fourth-order valence-electron chi connectivity index (χ4n) is 1.85. The van der Waals surface area contributed by atoms with Crippen molar-refractivity contribution >= 4 is 54.8 Å². The molecular formula is C15H16Br2N2OS. The molecule has 0 unspecified atom stereocenters. The van der Waals surface area contributed by atoms with E-state index in [4.69, 9.17) is 0 Å². The molecule has 6 heteroatoms. The zero-order valence-electron chi connectivity index (χ0n) is 11.6. The number of benzene rings is 1. The lowest BCUT2D eigenvalue weighted by molar-refractivity contribution is -0.120. The van der Waals surface area contributed by atoms with Crippen molar-refractivity contribution in [3.05, 3.63) is 49.0 Å². The van der Waals surface area contributed by atoms with Crippen LogP contribution < -0.4 is 10.6 Å². The fourth-order valence-corrected chi connectivity index (χ4v) is 3.97. The molecular weight excluding hydrogens is 416 g/mol. The molecule has 0 spiro atoms. The Balaban J connectivity index is 1.88. The molecule has 112 valence electrons. The van der Waals surface area contributed by atoms with Gasteiger partial charge in [0.25, 0.3) is 0 Å². The lowest BCUT2D eigenvalue weighted by atomic mass is 10.1. The lowest BCUT2D eigenvalue weighted by Gasteiger charge is -2.06.